The largest absolute Gasteiger partial charge is 0.444 e. The normalized spacial score (nSPS) is 22.1. The number of benzene rings is 1. The Morgan fingerprint density at radius 3 is 2.78 bits per heavy atom. The molecule has 3 fully saturated rings. The minimum atomic E-state index is -0.609. The minimum absolute atomic E-state index is 0.0606. The Hall–Kier alpha value is -1.41. The van der Waals surface area contributed by atoms with E-state index in [-0.39, 0.29) is 44.4 Å². The van der Waals surface area contributed by atoms with Crippen LogP contribution in [0.25, 0.3) is 10.9 Å². The molecule has 1 saturated carbocycles. The number of nitrogens with zero attached hydrogens (tertiary/aromatic N) is 3. The molecule has 8 nitrogen and oxygen atoms in total. The second-order valence-corrected chi connectivity index (χ2v) is 11.6. The maximum atomic E-state index is 15.0. The number of nitro groups is 1. The first kappa shape index (κ1) is 23.7. The Balaban J connectivity index is 1.76. The Morgan fingerprint density at radius 1 is 1.50 bits per heavy atom. The van der Waals surface area contributed by atoms with Crippen molar-refractivity contribution in [2.45, 2.75) is 49.9 Å². The van der Waals surface area contributed by atoms with E-state index in [4.69, 9.17) is 4.74 Å². The number of carbonyl (C=O) groups excluding carboxylic acids is 1. The number of nitrogens with one attached hydrogen (secondary N) is 1. The van der Waals surface area contributed by atoms with Crippen molar-refractivity contribution in [1.82, 2.24) is 9.88 Å². The Bertz CT molecular complexity index is 1150. The van der Waals surface area contributed by atoms with E-state index in [2.05, 4.69) is 26.2 Å². The summed E-state index contributed by atoms with van der Waals surface area (Å²) in [6, 6.07) is 1.35. The van der Waals surface area contributed by atoms with Crippen LogP contribution >= 0.6 is 50.3 Å². The zero-order valence-corrected chi connectivity index (χ0v) is 22.3. The standard InChI is InChI=1S/C20H21BrFIN4O4S/c1-20(2,3)31-19(28)26-7-8-5-11(26)14(8)24-16-9-6-10(23)12(21)13(22)15(9)25-18(32-4)17(16)27(29)30/h6,8,11,14H,5,7H2,1-4H3,(H,24,25)/t8-,11-,14?/m1/s1. The highest BCUT2D eigenvalue weighted by Crippen LogP contribution is 2.47. The maximum Gasteiger partial charge on any atom is 0.410 e. The molecule has 1 amide bonds. The summed E-state index contributed by atoms with van der Waals surface area (Å²) in [7, 11) is 0. The first-order valence-corrected chi connectivity index (χ1v) is 13.0. The fourth-order valence-corrected chi connectivity index (χ4v) is 5.67. The van der Waals surface area contributed by atoms with Gasteiger partial charge in [0, 0.05) is 21.4 Å². The molecule has 172 valence electrons. The van der Waals surface area contributed by atoms with Crippen molar-refractivity contribution in [3.63, 3.8) is 0 Å². The van der Waals surface area contributed by atoms with Gasteiger partial charge in [-0.25, -0.2) is 14.2 Å². The summed E-state index contributed by atoms with van der Waals surface area (Å²) in [4.78, 5) is 30.1. The summed E-state index contributed by atoms with van der Waals surface area (Å²) in [6.45, 7) is 5.95. The van der Waals surface area contributed by atoms with E-state index in [1.54, 1.807) is 17.2 Å². The van der Waals surface area contributed by atoms with E-state index in [1.165, 1.54) is 0 Å². The highest BCUT2D eigenvalue weighted by molar-refractivity contribution is 14.1. The van der Waals surface area contributed by atoms with E-state index in [1.807, 2.05) is 43.4 Å². The number of hydrogen-bond donors (Lipinski definition) is 1. The van der Waals surface area contributed by atoms with Crippen LogP contribution in [0.1, 0.15) is 27.2 Å². The van der Waals surface area contributed by atoms with Crippen molar-refractivity contribution in [3.8, 4) is 0 Å². The van der Waals surface area contributed by atoms with Crippen molar-refractivity contribution in [2.75, 3.05) is 18.1 Å². The van der Waals surface area contributed by atoms with Crippen LogP contribution < -0.4 is 5.32 Å². The predicted molar refractivity (Wildman–Crippen MR) is 133 cm³/mol. The third-order valence-electron chi connectivity index (χ3n) is 5.67. The van der Waals surface area contributed by atoms with Gasteiger partial charge in [-0.1, -0.05) is 0 Å². The van der Waals surface area contributed by atoms with E-state index < -0.39 is 22.4 Å². The Kier molecular flexibility index (Phi) is 6.25. The van der Waals surface area contributed by atoms with Crippen LogP contribution in [0.15, 0.2) is 15.6 Å². The number of amides is 1. The van der Waals surface area contributed by atoms with Gasteiger partial charge in [-0.05, 0) is 78.0 Å². The van der Waals surface area contributed by atoms with Gasteiger partial charge in [0.1, 0.15) is 16.8 Å². The number of thioether (sulfide) groups is 1. The first-order chi connectivity index (χ1) is 14.9. The van der Waals surface area contributed by atoms with E-state index in [0.29, 0.717) is 15.5 Å². The van der Waals surface area contributed by atoms with Crippen LogP contribution in [0.5, 0.6) is 0 Å². The van der Waals surface area contributed by atoms with Gasteiger partial charge in [-0.2, -0.15) is 0 Å². The second-order valence-electron chi connectivity index (χ2n) is 8.85. The third-order valence-corrected chi connectivity index (χ3v) is 8.71. The van der Waals surface area contributed by atoms with Crippen molar-refractivity contribution in [1.29, 1.82) is 0 Å². The fourth-order valence-electron chi connectivity index (χ4n) is 4.26. The lowest BCUT2D eigenvalue weighted by Gasteiger charge is -2.38. The molecule has 2 saturated heterocycles. The summed E-state index contributed by atoms with van der Waals surface area (Å²) in [5, 5.41) is 15.8. The van der Waals surface area contributed by atoms with Crippen molar-refractivity contribution in [2.24, 2.45) is 5.92 Å². The van der Waals surface area contributed by atoms with Gasteiger partial charge < -0.3 is 15.0 Å². The molecular weight excluding hydrogens is 618 g/mol. The molecule has 1 unspecified atom stereocenters. The van der Waals surface area contributed by atoms with Crippen LogP contribution in [0.2, 0.25) is 0 Å². The molecule has 3 atom stereocenters. The lowest BCUT2D eigenvalue weighted by Crippen LogP contribution is -2.50. The quantitative estimate of drug-likeness (QED) is 0.149. The Labute approximate surface area is 210 Å². The molecule has 2 aromatic rings. The van der Waals surface area contributed by atoms with Crippen molar-refractivity contribution in [3.05, 3.63) is 30.0 Å². The molecule has 0 spiro atoms. The number of fused-ring (bicyclic) bond motifs is 2. The average Bonchev–Trinajstić information content (AvgIpc) is 3.28. The molecule has 2 bridgehead atoms. The lowest BCUT2D eigenvalue weighted by molar-refractivity contribution is -0.387. The topological polar surface area (TPSA) is 97.6 Å². The lowest BCUT2D eigenvalue weighted by atomic mass is 9.79. The van der Waals surface area contributed by atoms with Gasteiger partial charge in [0.05, 0.1) is 21.5 Å². The third kappa shape index (κ3) is 4.02. The number of rotatable bonds is 4. The highest BCUT2D eigenvalue weighted by atomic mass is 127. The van der Waals surface area contributed by atoms with Crippen LogP contribution in [0.3, 0.4) is 0 Å². The molecule has 1 N–H and O–H groups in total. The number of ether oxygens (including phenoxy) is 1. The van der Waals surface area contributed by atoms with Crippen LogP contribution in [0.4, 0.5) is 20.6 Å². The molecular formula is C20H21BrFIN4O4S. The fraction of sp³-hybridized carbons (Fsp3) is 0.500. The molecule has 0 radical (unpaired) electrons. The number of hydrogen-bond acceptors (Lipinski definition) is 7. The smallest absolute Gasteiger partial charge is 0.410 e. The summed E-state index contributed by atoms with van der Waals surface area (Å²) >= 11 is 6.30. The number of halogens is 3. The monoisotopic (exact) mass is 638 g/mol. The molecule has 32 heavy (non-hydrogen) atoms. The van der Waals surface area contributed by atoms with E-state index >= 15 is 4.39 Å². The van der Waals surface area contributed by atoms with Crippen molar-refractivity contribution < 1.29 is 18.8 Å². The summed E-state index contributed by atoms with van der Waals surface area (Å²) in [5.74, 6) is -0.431. The van der Waals surface area contributed by atoms with Gasteiger partial charge in [0.15, 0.2) is 10.8 Å². The van der Waals surface area contributed by atoms with Crippen molar-refractivity contribution >= 4 is 78.7 Å². The number of aromatic nitrogens is 1. The summed E-state index contributed by atoms with van der Waals surface area (Å²) in [6.07, 6.45) is 2.07. The SMILES string of the molecule is CSc1nc2c(F)c(Br)c(I)cc2c(NC2[C@@H]3C[C@H]2N(C(=O)OC(C)(C)C)C3)c1[N+](=O)[O-]. The molecule has 3 heterocycles. The summed E-state index contributed by atoms with van der Waals surface area (Å²) in [5.41, 5.74) is -0.496. The van der Waals surface area contributed by atoms with Gasteiger partial charge >= 0.3 is 11.8 Å². The predicted octanol–water partition coefficient (Wildman–Crippen LogP) is 5.79. The van der Waals surface area contributed by atoms with Gasteiger partial charge in [0.25, 0.3) is 0 Å². The van der Waals surface area contributed by atoms with E-state index in [0.717, 1.165) is 18.2 Å². The van der Waals surface area contributed by atoms with Gasteiger partial charge in [-0.15, -0.1) is 11.8 Å². The molecule has 1 aliphatic carbocycles. The average molecular weight is 639 g/mol. The minimum Gasteiger partial charge on any atom is -0.444 e. The van der Waals surface area contributed by atoms with Crippen LogP contribution in [-0.4, -0.2) is 51.4 Å². The van der Waals surface area contributed by atoms with Crippen LogP contribution in [-0.2, 0) is 4.74 Å². The van der Waals surface area contributed by atoms with E-state index in [9.17, 15) is 14.9 Å². The molecule has 12 heteroatoms. The number of anilines is 1. The molecule has 1 aromatic heterocycles. The highest BCUT2D eigenvalue weighted by Gasteiger charge is 2.55. The molecule has 1 aromatic carbocycles. The molecule has 2 aliphatic heterocycles. The van der Waals surface area contributed by atoms with Crippen LogP contribution in [0, 0.1) is 25.4 Å². The zero-order chi connectivity index (χ0) is 23.5. The molecule has 5 rings (SSSR count). The number of carbonyl (C=O) groups is 1. The number of pyridine rings is 1. The zero-order valence-electron chi connectivity index (χ0n) is 17.7. The van der Waals surface area contributed by atoms with Gasteiger partial charge in [-0.3, -0.25) is 10.1 Å². The first-order valence-electron chi connectivity index (χ1n) is 9.88. The Morgan fingerprint density at radius 2 is 2.19 bits per heavy atom. The molecule has 3 aliphatic rings. The maximum absolute atomic E-state index is 15.0. The summed E-state index contributed by atoms with van der Waals surface area (Å²) < 4.78 is 21.4. The second kappa shape index (κ2) is 8.42. The van der Waals surface area contributed by atoms with Gasteiger partial charge in [0.2, 0.25) is 0 Å².